The van der Waals surface area contributed by atoms with Crippen molar-refractivity contribution in [3.8, 4) is 11.5 Å². The standard InChI is InChI=1S/C17H18ClNO3/c1-11-5-4-6-12(7-11)8-17(20)19-14-9-13(18)15(21-2)10-16(14)22-3/h4-7,9-10H,8H2,1-3H3,(H,19,20). The van der Waals surface area contributed by atoms with Gasteiger partial charge in [-0.05, 0) is 18.6 Å². The van der Waals surface area contributed by atoms with Crippen molar-refractivity contribution in [1.29, 1.82) is 0 Å². The van der Waals surface area contributed by atoms with Gasteiger partial charge in [0, 0.05) is 6.07 Å². The Hall–Kier alpha value is -2.20. The molecule has 0 aromatic heterocycles. The van der Waals surface area contributed by atoms with E-state index in [1.54, 1.807) is 12.1 Å². The molecular formula is C17H18ClNO3. The van der Waals surface area contributed by atoms with Gasteiger partial charge in [-0.3, -0.25) is 4.79 Å². The molecule has 1 amide bonds. The number of methoxy groups -OCH3 is 2. The van der Waals surface area contributed by atoms with Crippen LogP contribution in [0, 0.1) is 6.92 Å². The Morgan fingerprint density at radius 2 is 1.86 bits per heavy atom. The van der Waals surface area contributed by atoms with Gasteiger partial charge in [-0.25, -0.2) is 0 Å². The van der Waals surface area contributed by atoms with Crippen LogP contribution in [-0.2, 0) is 11.2 Å². The van der Waals surface area contributed by atoms with E-state index in [-0.39, 0.29) is 12.3 Å². The molecule has 2 rings (SSSR count). The Morgan fingerprint density at radius 1 is 1.14 bits per heavy atom. The molecule has 0 aliphatic carbocycles. The molecule has 0 fully saturated rings. The first kappa shape index (κ1) is 16.2. The molecule has 0 aliphatic rings. The number of hydrogen-bond acceptors (Lipinski definition) is 3. The molecule has 2 aromatic carbocycles. The third-order valence-corrected chi connectivity index (χ3v) is 3.49. The molecule has 0 heterocycles. The van der Waals surface area contributed by atoms with E-state index in [9.17, 15) is 4.79 Å². The number of amides is 1. The lowest BCUT2D eigenvalue weighted by Gasteiger charge is -2.13. The first-order chi connectivity index (χ1) is 10.5. The van der Waals surface area contributed by atoms with Gasteiger partial charge < -0.3 is 14.8 Å². The number of anilines is 1. The van der Waals surface area contributed by atoms with E-state index in [0.29, 0.717) is 22.2 Å². The molecule has 0 spiro atoms. The summed E-state index contributed by atoms with van der Waals surface area (Å²) in [6.07, 6.45) is 0.286. The van der Waals surface area contributed by atoms with Crippen molar-refractivity contribution in [3.05, 3.63) is 52.5 Å². The van der Waals surface area contributed by atoms with Crippen LogP contribution in [-0.4, -0.2) is 20.1 Å². The largest absolute Gasteiger partial charge is 0.495 e. The highest BCUT2D eigenvalue weighted by Crippen LogP contribution is 2.35. The monoisotopic (exact) mass is 319 g/mol. The molecule has 0 saturated carbocycles. The second kappa shape index (κ2) is 7.18. The van der Waals surface area contributed by atoms with E-state index < -0.39 is 0 Å². The van der Waals surface area contributed by atoms with E-state index in [2.05, 4.69) is 5.32 Å². The van der Waals surface area contributed by atoms with Crippen molar-refractivity contribution < 1.29 is 14.3 Å². The Balaban J connectivity index is 2.16. The molecule has 116 valence electrons. The van der Waals surface area contributed by atoms with Crippen LogP contribution < -0.4 is 14.8 Å². The molecule has 0 unspecified atom stereocenters. The summed E-state index contributed by atoms with van der Waals surface area (Å²) in [6, 6.07) is 11.1. The van der Waals surface area contributed by atoms with Gasteiger partial charge in [0.1, 0.15) is 11.5 Å². The molecule has 0 atom stereocenters. The third-order valence-electron chi connectivity index (χ3n) is 3.20. The molecule has 4 nitrogen and oxygen atoms in total. The Labute approximate surface area is 135 Å². The fraction of sp³-hybridized carbons (Fsp3) is 0.235. The number of aryl methyl sites for hydroxylation is 1. The van der Waals surface area contributed by atoms with Gasteiger partial charge in [-0.15, -0.1) is 0 Å². The number of halogens is 1. The van der Waals surface area contributed by atoms with Crippen LogP contribution in [0.5, 0.6) is 11.5 Å². The molecule has 0 saturated heterocycles. The second-order valence-corrected chi connectivity index (χ2v) is 5.31. The lowest BCUT2D eigenvalue weighted by atomic mass is 10.1. The summed E-state index contributed by atoms with van der Waals surface area (Å²) in [5, 5.41) is 3.23. The van der Waals surface area contributed by atoms with Gasteiger partial charge >= 0.3 is 0 Å². The predicted molar refractivity (Wildman–Crippen MR) is 88.1 cm³/mol. The predicted octanol–water partition coefficient (Wildman–Crippen LogP) is 3.85. The molecule has 0 aliphatic heterocycles. The minimum atomic E-state index is -0.134. The van der Waals surface area contributed by atoms with Gasteiger partial charge in [0.2, 0.25) is 5.91 Å². The quantitative estimate of drug-likeness (QED) is 0.910. The van der Waals surface area contributed by atoms with Crippen LogP contribution in [0.4, 0.5) is 5.69 Å². The van der Waals surface area contributed by atoms with Crippen LogP contribution in [0.2, 0.25) is 5.02 Å². The van der Waals surface area contributed by atoms with Crippen molar-refractivity contribution in [2.45, 2.75) is 13.3 Å². The number of carbonyl (C=O) groups is 1. The summed E-state index contributed by atoms with van der Waals surface area (Å²) in [5.74, 6) is 0.860. The molecular weight excluding hydrogens is 302 g/mol. The van der Waals surface area contributed by atoms with Crippen LogP contribution in [0.1, 0.15) is 11.1 Å². The van der Waals surface area contributed by atoms with Gasteiger partial charge in [0.15, 0.2) is 0 Å². The summed E-state index contributed by atoms with van der Waals surface area (Å²) in [4.78, 5) is 12.2. The zero-order valence-electron chi connectivity index (χ0n) is 12.8. The van der Waals surface area contributed by atoms with Gasteiger partial charge in [-0.1, -0.05) is 41.4 Å². The number of hydrogen-bond donors (Lipinski definition) is 1. The Kier molecular flexibility index (Phi) is 5.28. The molecule has 5 heteroatoms. The lowest BCUT2D eigenvalue weighted by Crippen LogP contribution is -2.15. The fourth-order valence-electron chi connectivity index (χ4n) is 2.16. The maximum absolute atomic E-state index is 12.2. The zero-order valence-corrected chi connectivity index (χ0v) is 13.5. The van der Waals surface area contributed by atoms with E-state index in [1.807, 2.05) is 31.2 Å². The number of nitrogens with one attached hydrogen (secondary N) is 1. The molecule has 1 N–H and O–H groups in total. The maximum Gasteiger partial charge on any atom is 0.228 e. The van der Waals surface area contributed by atoms with E-state index in [0.717, 1.165) is 11.1 Å². The molecule has 0 bridgehead atoms. The Morgan fingerprint density at radius 3 is 2.50 bits per heavy atom. The average molecular weight is 320 g/mol. The molecule has 22 heavy (non-hydrogen) atoms. The highest BCUT2D eigenvalue weighted by Gasteiger charge is 2.13. The topological polar surface area (TPSA) is 47.6 Å². The number of benzene rings is 2. The summed E-state index contributed by atoms with van der Waals surface area (Å²) >= 11 is 6.09. The lowest BCUT2D eigenvalue weighted by molar-refractivity contribution is -0.115. The zero-order chi connectivity index (χ0) is 16.1. The van der Waals surface area contributed by atoms with Gasteiger partial charge in [0.05, 0.1) is 31.4 Å². The Bertz CT molecular complexity index is 686. The highest BCUT2D eigenvalue weighted by atomic mass is 35.5. The van der Waals surface area contributed by atoms with Gasteiger partial charge in [0.25, 0.3) is 0 Å². The summed E-state index contributed by atoms with van der Waals surface area (Å²) in [6.45, 7) is 1.99. The fourth-order valence-corrected chi connectivity index (χ4v) is 2.40. The minimum Gasteiger partial charge on any atom is -0.495 e. The highest BCUT2D eigenvalue weighted by molar-refractivity contribution is 6.32. The summed E-state index contributed by atoms with van der Waals surface area (Å²) in [7, 11) is 3.05. The average Bonchev–Trinajstić information content (AvgIpc) is 2.47. The van der Waals surface area contributed by atoms with Crippen LogP contribution in [0.3, 0.4) is 0 Å². The number of ether oxygens (including phenoxy) is 2. The third kappa shape index (κ3) is 3.92. The maximum atomic E-state index is 12.2. The smallest absolute Gasteiger partial charge is 0.228 e. The van der Waals surface area contributed by atoms with Crippen molar-refractivity contribution in [2.75, 3.05) is 19.5 Å². The first-order valence-electron chi connectivity index (χ1n) is 6.80. The second-order valence-electron chi connectivity index (χ2n) is 4.90. The van der Waals surface area contributed by atoms with Crippen molar-refractivity contribution in [3.63, 3.8) is 0 Å². The van der Waals surface area contributed by atoms with E-state index in [1.165, 1.54) is 14.2 Å². The SMILES string of the molecule is COc1cc(OC)c(NC(=O)Cc2cccc(C)c2)cc1Cl. The minimum absolute atomic E-state index is 0.134. The van der Waals surface area contributed by atoms with Crippen LogP contribution >= 0.6 is 11.6 Å². The van der Waals surface area contributed by atoms with Crippen molar-refractivity contribution >= 4 is 23.2 Å². The normalized spacial score (nSPS) is 10.2. The van der Waals surface area contributed by atoms with Crippen LogP contribution in [0.15, 0.2) is 36.4 Å². The van der Waals surface area contributed by atoms with E-state index >= 15 is 0 Å². The molecule has 2 aromatic rings. The van der Waals surface area contributed by atoms with Crippen LogP contribution in [0.25, 0.3) is 0 Å². The van der Waals surface area contributed by atoms with E-state index in [4.69, 9.17) is 21.1 Å². The number of carbonyl (C=O) groups excluding carboxylic acids is 1. The summed E-state index contributed by atoms with van der Waals surface area (Å²) < 4.78 is 10.4. The van der Waals surface area contributed by atoms with Crippen molar-refractivity contribution in [2.24, 2.45) is 0 Å². The number of rotatable bonds is 5. The first-order valence-corrected chi connectivity index (χ1v) is 7.18. The van der Waals surface area contributed by atoms with Crippen molar-refractivity contribution in [1.82, 2.24) is 0 Å². The summed E-state index contributed by atoms with van der Waals surface area (Å²) in [5.41, 5.74) is 2.59. The van der Waals surface area contributed by atoms with Gasteiger partial charge in [-0.2, -0.15) is 0 Å². The molecule has 0 radical (unpaired) electrons.